The number of halogens is 1. The molecule has 1 rings (SSSR count). The van der Waals surface area contributed by atoms with Crippen molar-refractivity contribution < 1.29 is 0 Å². The molecule has 5 heteroatoms. The van der Waals surface area contributed by atoms with E-state index in [-0.39, 0.29) is 11.0 Å². The van der Waals surface area contributed by atoms with Crippen molar-refractivity contribution in [3.63, 3.8) is 0 Å². The molecule has 15 heavy (non-hydrogen) atoms. The zero-order chi connectivity index (χ0) is 11.6. The Balaban J connectivity index is 2.97. The predicted octanol–water partition coefficient (Wildman–Crippen LogP) is 2.01. The van der Waals surface area contributed by atoms with Crippen LogP contribution in [-0.2, 0) is 0 Å². The highest BCUT2D eigenvalue weighted by Crippen LogP contribution is 2.22. The first-order valence-electron chi connectivity index (χ1n) is 4.75. The molecule has 0 saturated heterocycles. The van der Waals surface area contributed by atoms with Crippen molar-refractivity contribution in [3.8, 4) is 0 Å². The minimum atomic E-state index is -0.152. The van der Waals surface area contributed by atoms with Crippen LogP contribution in [0.25, 0.3) is 0 Å². The van der Waals surface area contributed by atoms with Crippen molar-refractivity contribution in [3.05, 3.63) is 21.2 Å². The minimum Gasteiger partial charge on any atom is -0.358 e. The van der Waals surface area contributed by atoms with Crippen LogP contribution in [0.1, 0.15) is 20.8 Å². The second-order valence-electron chi connectivity index (χ2n) is 4.79. The highest BCUT2D eigenvalue weighted by molar-refractivity contribution is 9.10. The fraction of sp³-hybridized carbons (Fsp3) is 0.600. The Kier molecular flexibility index (Phi) is 3.54. The molecule has 1 aromatic rings. The van der Waals surface area contributed by atoms with E-state index >= 15 is 0 Å². The van der Waals surface area contributed by atoms with Crippen LogP contribution in [0.15, 0.2) is 15.6 Å². The van der Waals surface area contributed by atoms with Gasteiger partial charge in [0.25, 0.3) is 5.56 Å². The quantitative estimate of drug-likeness (QED) is 0.897. The molecule has 0 aromatic carbocycles. The number of rotatable bonds is 2. The molecule has 0 aliphatic carbocycles. The predicted molar refractivity (Wildman–Crippen MR) is 65.3 cm³/mol. The molecule has 0 unspecified atom stereocenters. The first-order chi connectivity index (χ1) is 6.81. The van der Waals surface area contributed by atoms with E-state index in [0.717, 1.165) is 6.54 Å². The van der Waals surface area contributed by atoms with Crippen molar-refractivity contribution in [2.24, 2.45) is 5.41 Å². The number of nitrogens with one attached hydrogen (secondary N) is 1. The average Bonchev–Trinajstić information content (AvgIpc) is 2.06. The minimum absolute atomic E-state index is 0.152. The van der Waals surface area contributed by atoms with Gasteiger partial charge in [0.05, 0.1) is 6.33 Å². The fourth-order valence-corrected chi connectivity index (χ4v) is 1.95. The highest BCUT2D eigenvalue weighted by Gasteiger charge is 2.17. The lowest BCUT2D eigenvalue weighted by Gasteiger charge is -2.27. The van der Waals surface area contributed by atoms with Crippen molar-refractivity contribution in [1.29, 1.82) is 0 Å². The molecular weight excluding hydrogens is 258 g/mol. The fourth-order valence-electron chi connectivity index (χ4n) is 1.43. The Labute approximate surface area is 97.8 Å². The molecule has 0 fully saturated rings. The number of hydrogen-bond donors (Lipinski definition) is 1. The number of anilines is 1. The van der Waals surface area contributed by atoms with Crippen LogP contribution >= 0.6 is 15.9 Å². The van der Waals surface area contributed by atoms with Gasteiger partial charge < -0.3 is 9.88 Å². The van der Waals surface area contributed by atoms with Crippen LogP contribution in [0.3, 0.4) is 0 Å². The van der Waals surface area contributed by atoms with Crippen LogP contribution in [0.5, 0.6) is 0 Å². The normalized spacial score (nSPS) is 11.5. The van der Waals surface area contributed by atoms with Crippen LogP contribution in [0.2, 0.25) is 0 Å². The summed E-state index contributed by atoms with van der Waals surface area (Å²) in [6, 6.07) is 0. The number of aromatic amines is 1. The van der Waals surface area contributed by atoms with E-state index in [2.05, 4.69) is 46.7 Å². The van der Waals surface area contributed by atoms with Gasteiger partial charge in [0.2, 0.25) is 0 Å². The van der Waals surface area contributed by atoms with Gasteiger partial charge in [-0.15, -0.1) is 0 Å². The maximum absolute atomic E-state index is 11.3. The molecular formula is C10H16BrN3O. The Hall–Kier alpha value is -0.840. The van der Waals surface area contributed by atoms with Gasteiger partial charge in [-0.2, -0.15) is 0 Å². The van der Waals surface area contributed by atoms with Gasteiger partial charge in [-0.25, -0.2) is 4.98 Å². The Morgan fingerprint density at radius 1 is 1.53 bits per heavy atom. The molecule has 0 spiro atoms. The molecule has 0 saturated carbocycles. The third-order valence-electron chi connectivity index (χ3n) is 1.85. The summed E-state index contributed by atoms with van der Waals surface area (Å²) in [5, 5.41) is 0. The number of H-pyrrole nitrogens is 1. The van der Waals surface area contributed by atoms with Crippen molar-refractivity contribution in [1.82, 2.24) is 9.97 Å². The molecule has 1 N–H and O–H groups in total. The molecule has 4 nitrogen and oxygen atoms in total. The largest absolute Gasteiger partial charge is 0.358 e. The standard InChI is InChI=1S/C10H16BrN3O/c1-10(2,3)5-14(4)8-7(11)9(15)13-6-12-8/h6H,5H2,1-4H3,(H,12,13,15). The smallest absolute Gasteiger partial charge is 0.267 e. The molecule has 1 heterocycles. The van der Waals surface area contributed by atoms with Crippen molar-refractivity contribution >= 4 is 21.7 Å². The van der Waals surface area contributed by atoms with E-state index in [1.807, 2.05) is 11.9 Å². The molecule has 0 aliphatic rings. The first-order valence-corrected chi connectivity index (χ1v) is 5.55. The van der Waals surface area contributed by atoms with Crippen LogP contribution in [0, 0.1) is 5.41 Å². The van der Waals surface area contributed by atoms with E-state index in [1.165, 1.54) is 6.33 Å². The summed E-state index contributed by atoms with van der Waals surface area (Å²) in [7, 11) is 1.93. The number of aromatic nitrogens is 2. The van der Waals surface area contributed by atoms with Crippen LogP contribution < -0.4 is 10.5 Å². The highest BCUT2D eigenvalue weighted by atomic mass is 79.9. The second kappa shape index (κ2) is 4.35. The maximum atomic E-state index is 11.3. The first kappa shape index (κ1) is 12.2. The van der Waals surface area contributed by atoms with Gasteiger partial charge in [0, 0.05) is 13.6 Å². The van der Waals surface area contributed by atoms with Gasteiger partial charge in [-0.1, -0.05) is 20.8 Å². The molecule has 0 atom stereocenters. The summed E-state index contributed by atoms with van der Waals surface area (Å²) < 4.78 is 0.483. The lowest BCUT2D eigenvalue weighted by molar-refractivity contribution is 0.417. The van der Waals surface area contributed by atoms with E-state index in [0.29, 0.717) is 10.3 Å². The summed E-state index contributed by atoms with van der Waals surface area (Å²) in [6.07, 6.45) is 1.42. The molecule has 0 bridgehead atoms. The van der Waals surface area contributed by atoms with Crippen molar-refractivity contribution in [2.45, 2.75) is 20.8 Å². The summed E-state index contributed by atoms with van der Waals surface area (Å²) in [5.41, 5.74) is 0.0131. The van der Waals surface area contributed by atoms with Crippen molar-refractivity contribution in [2.75, 3.05) is 18.5 Å². The zero-order valence-electron chi connectivity index (χ0n) is 9.47. The second-order valence-corrected chi connectivity index (χ2v) is 5.58. The third-order valence-corrected chi connectivity index (χ3v) is 2.57. The van der Waals surface area contributed by atoms with E-state index in [9.17, 15) is 4.79 Å². The molecule has 0 radical (unpaired) electrons. The topological polar surface area (TPSA) is 49.0 Å². The van der Waals surface area contributed by atoms with Gasteiger partial charge in [-0.05, 0) is 21.3 Å². The lowest BCUT2D eigenvalue weighted by Crippen LogP contribution is -2.31. The SMILES string of the molecule is CN(CC(C)(C)C)c1nc[nH]c(=O)c1Br. The number of nitrogens with zero attached hydrogens (tertiary/aromatic N) is 2. The summed E-state index contributed by atoms with van der Waals surface area (Å²) in [4.78, 5) is 20.0. The summed E-state index contributed by atoms with van der Waals surface area (Å²) >= 11 is 3.24. The average molecular weight is 274 g/mol. The lowest BCUT2D eigenvalue weighted by atomic mass is 9.96. The Morgan fingerprint density at radius 2 is 2.13 bits per heavy atom. The Morgan fingerprint density at radius 3 is 2.67 bits per heavy atom. The van der Waals surface area contributed by atoms with Crippen LogP contribution in [0.4, 0.5) is 5.82 Å². The van der Waals surface area contributed by atoms with Gasteiger partial charge in [0.1, 0.15) is 10.3 Å². The molecule has 84 valence electrons. The Bertz CT molecular complexity index is 394. The van der Waals surface area contributed by atoms with Gasteiger partial charge in [0.15, 0.2) is 0 Å². The number of hydrogen-bond acceptors (Lipinski definition) is 3. The van der Waals surface area contributed by atoms with Crippen LogP contribution in [-0.4, -0.2) is 23.6 Å². The molecule has 0 aliphatic heterocycles. The van der Waals surface area contributed by atoms with E-state index in [1.54, 1.807) is 0 Å². The van der Waals surface area contributed by atoms with E-state index < -0.39 is 0 Å². The zero-order valence-corrected chi connectivity index (χ0v) is 11.1. The summed E-state index contributed by atoms with van der Waals surface area (Å²) in [6.45, 7) is 7.27. The third kappa shape index (κ3) is 3.34. The van der Waals surface area contributed by atoms with E-state index in [4.69, 9.17) is 0 Å². The van der Waals surface area contributed by atoms with Gasteiger partial charge in [-0.3, -0.25) is 4.79 Å². The monoisotopic (exact) mass is 273 g/mol. The van der Waals surface area contributed by atoms with Gasteiger partial charge >= 0.3 is 0 Å². The summed E-state index contributed by atoms with van der Waals surface area (Å²) in [5.74, 6) is 0.675. The molecule has 0 amide bonds. The molecule has 1 aromatic heterocycles. The maximum Gasteiger partial charge on any atom is 0.267 e.